The van der Waals surface area contributed by atoms with Crippen LogP contribution in [0, 0.1) is 5.82 Å². The first-order valence-corrected chi connectivity index (χ1v) is 10.1. The Morgan fingerprint density at radius 3 is 2.43 bits per heavy atom. The first-order chi connectivity index (χ1) is 13.3. The minimum absolute atomic E-state index is 0.0238. The molecule has 7 heteroatoms. The number of nitrogens with zero attached hydrogens (tertiary/aromatic N) is 3. The van der Waals surface area contributed by atoms with Crippen molar-refractivity contribution in [2.75, 3.05) is 60.0 Å². The van der Waals surface area contributed by atoms with Crippen LogP contribution in [0.2, 0.25) is 0 Å². The van der Waals surface area contributed by atoms with Gasteiger partial charge in [0.2, 0.25) is 0 Å². The molecule has 1 saturated heterocycles. The molecule has 0 bridgehead atoms. The van der Waals surface area contributed by atoms with Gasteiger partial charge in [-0.25, -0.2) is 4.39 Å². The van der Waals surface area contributed by atoms with E-state index in [4.69, 9.17) is 9.73 Å². The Kier molecular flexibility index (Phi) is 8.66. The molecule has 1 aromatic rings. The number of hydrogen-bond acceptors (Lipinski definition) is 4. The zero-order valence-electron chi connectivity index (χ0n) is 18.0. The average molecular weight is 394 g/mol. The van der Waals surface area contributed by atoms with Crippen LogP contribution >= 0.6 is 0 Å². The molecule has 1 aromatic carbocycles. The maximum Gasteiger partial charge on any atom is 0.191 e. The molecular weight excluding hydrogens is 357 g/mol. The van der Waals surface area contributed by atoms with Crippen LogP contribution in [-0.2, 0) is 4.74 Å². The van der Waals surface area contributed by atoms with E-state index in [2.05, 4.69) is 41.2 Å². The fourth-order valence-electron chi connectivity index (χ4n) is 3.36. The van der Waals surface area contributed by atoms with Crippen LogP contribution in [0.3, 0.4) is 0 Å². The molecular formula is C21H36FN5O. The van der Waals surface area contributed by atoms with Gasteiger partial charge in [-0.2, -0.15) is 0 Å². The number of benzene rings is 1. The number of nitrogens with one attached hydrogen (secondary N) is 2. The van der Waals surface area contributed by atoms with Crippen molar-refractivity contribution in [3.8, 4) is 0 Å². The van der Waals surface area contributed by atoms with Crippen molar-refractivity contribution in [3.05, 3.63) is 35.6 Å². The van der Waals surface area contributed by atoms with Gasteiger partial charge >= 0.3 is 0 Å². The number of guanidine groups is 1. The normalized spacial score (nSPS) is 17.6. The Labute approximate surface area is 169 Å². The molecule has 0 spiro atoms. The van der Waals surface area contributed by atoms with E-state index in [0.29, 0.717) is 13.1 Å². The molecule has 2 N–H and O–H groups in total. The standard InChI is InChI=1S/C21H36FN5O/c1-6-23-20(25-16-21(2,3)27-11-13-28-14-12-27)24-15-19(26(4)5)17-7-9-18(22)10-8-17/h7-10,19H,6,11-16H2,1-5H3,(H2,23,24,25). The third kappa shape index (κ3) is 6.72. The van der Waals surface area contributed by atoms with Gasteiger partial charge in [0.05, 0.1) is 25.8 Å². The number of rotatable bonds is 8. The summed E-state index contributed by atoms with van der Waals surface area (Å²) in [4.78, 5) is 9.39. The molecule has 1 fully saturated rings. The van der Waals surface area contributed by atoms with E-state index in [1.165, 1.54) is 12.1 Å². The van der Waals surface area contributed by atoms with E-state index in [1.807, 2.05) is 26.2 Å². The summed E-state index contributed by atoms with van der Waals surface area (Å²) in [6.07, 6.45) is 0. The molecule has 0 aliphatic carbocycles. The molecule has 1 aliphatic rings. The van der Waals surface area contributed by atoms with Crippen molar-refractivity contribution < 1.29 is 9.13 Å². The maximum atomic E-state index is 13.3. The van der Waals surface area contributed by atoms with Gasteiger partial charge in [-0.15, -0.1) is 0 Å². The molecule has 0 radical (unpaired) electrons. The Balaban J connectivity index is 2.01. The second kappa shape index (κ2) is 10.7. The molecule has 6 nitrogen and oxygen atoms in total. The third-order valence-electron chi connectivity index (χ3n) is 5.18. The molecule has 0 aromatic heterocycles. The summed E-state index contributed by atoms with van der Waals surface area (Å²) in [5.74, 6) is 0.590. The zero-order valence-corrected chi connectivity index (χ0v) is 18.0. The monoisotopic (exact) mass is 393 g/mol. The Morgan fingerprint density at radius 2 is 1.86 bits per heavy atom. The van der Waals surface area contributed by atoms with Crippen molar-refractivity contribution >= 4 is 5.96 Å². The summed E-state index contributed by atoms with van der Waals surface area (Å²) >= 11 is 0. The molecule has 1 atom stereocenters. The van der Waals surface area contributed by atoms with Crippen molar-refractivity contribution in [1.82, 2.24) is 20.4 Å². The highest BCUT2D eigenvalue weighted by molar-refractivity contribution is 5.79. The summed E-state index contributed by atoms with van der Waals surface area (Å²) in [7, 11) is 4.06. The molecule has 0 amide bonds. The number of morpholine rings is 1. The van der Waals surface area contributed by atoms with E-state index in [0.717, 1.165) is 44.4 Å². The second-order valence-electron chi connectivity index (χ2n) is 8.02. The summed E-state index contributed by atoms with van der Waals surface area (Å²) in [6, 6.07) is 6.82. The fourth-order valence-corrected chi connectivity index (χ4v) is 3.36. The van der Waals surface area contributed by atoms with Gasteiger partial charge in [0.1, 0.15) is 5.82 Å². The topological polar surface area (TPSA) is 52.1 Å². The van der Waals surface area contributed by atoms with Gasteiger partial charge in [-0.3, -0.25) is 9.89 Å². The highest BCUT2D eigenvalue weighted by atomic mass is 19.1. The summed E-state index contributed by atoms with van der Waals surface area (Å²) in [5.41, 5.74) is 1.05. The maximum absolute atomic E-state index is 13.3. The molecule has 1 aliphatic heterocycles. The van der Waals surface area contributed by atoms with Crippen molar-refractivity contribution in [1.29, 1.82) is 0 Å². The predicted octanol–water partition coefficient (Wildman–Crippen LogP) is 2.09. The lowest BCUT2D eigenvalue weighted by atomic mass is 10.0. The lowest BCUT2D eigenvalue weighted by Gasteiger charge is -2.40. The Morgan fingerprint density at radius 1 is 1.21 bits per heavy atom. The quantitative estimate of drug-likeness (QED) is 0.523. The van der Waals surface area contributed by atoms with Crippen LogP contribution in [-0.4, -0.2) is 81.3 Å². The summed E-state index contributed by atoms with van der Waals surface area (Å²) in [5, 5.41) is 6.78. The molecule has 2 rings (SSSR count). The minimum Gasteiger partial charge on any atom is -0.379 e. The zero-order chi connectivity index (χ0) is 20.6. The molecule has 0 saturated carbocycles. The number of likely N-dealkylation sites (N-methyl/N-ethyl adjacent to an activating group) is 1. The first kappa shape index (κ1) is 22.6. The average Bonchev–Trinajstić information content (AvgIpc) is 2.68. The number of hydrogen-bond donors (Lipinski definition) is 2. The van der Waals surface area contributed by atoms with Crippen LogP contribution in [0.15, 0.2) is 29.3 Å². The highest BCUT2D eigenvalue weighted by Gasteiger charge is 2.28. The smallest absolute Gasteiger partial charge is 0.191 e. The summed E-state index contributed by atoms with van der Waals surface area (Å²) < 4.78 is 18.7. The number of ether oxygens (including phenoxy) is 1. The van der Waals surface area contributed by atoms with Crippen molar-refractivity contribution in [3.63, 3.8) is 0 Å². The van der Waals surface area contributed by atoms with Gasteiger partial charge in [0, 0.05) is 31.7 Å². The van der Waals surface area contributed by atoms with E-state index in [-0.39, 0.29) is 17.4 Å². The first-order valence-electron chi connectivity index (χ1n) is 10.1. The van der Waals surface area contributed by atoms with E-state index in [9.17, 15) is 4.39 Å². The molecule has 28 heavy (non-hydrogen) atoms. The van der Waals surface area contributed by atoms with Crippen LogP contribution in [0.5, 0.6) is 0 Å². The van der Waals surface area contributed by atoms with Gasteiger partial charge in [-0.05, 0) is 52.6 Å². The van der Waals surface area contributed by atoms with Crippen molar-refractivity contribution in [2.45, 2.75) is 32.4 Å². The highest BCUT2D eigenvalue weighted by Crippen LogP contribution is 2.18. The van der Waals surface area contributed by atoms with Crippen LogP contribution < -0.4 is 10.6 Å². The van der Waals surface area contributed by atoms with E-state index in [1.54, 1.807) is 0 Å². The lowest BCUT2D eigenvalue weighted by Crippen LogP contribution is -2.52. The molecule has 1 heterocycles. The largest absolute Gasteiger partial charge is 0.379 e. The number of halogens is 1. The van der Waals surface area contributed by atoms with Crippen LogP contribution in [0.1, 0.15) is 32.4 Å². The molecule has 1 unspecified atom stereocenters. The van der Waals surface area contributed by atoms with Gasteiger partial charge in [0.25, 0.3) is 0 Å². The van der Waals surface area contributed by atoms with E-state index >= 15 is 0 Å². The SMILES string of the molecule is CCNC(=NCC(C)(C)N1CCOCC1)NCC(c1ccc(F)cc1)N(C)C. The van der Waals surface area contributed by atoms with Gasteiger partial charge < -0.3 is 20.3 Å². The van der Waals surface area contributed by atoms with Crippen molar-refractivity contribution in [2.24, 2.45) is 4.99 Å². The summed E-state index contributed by atoms with van der Waals surface area (Å²) in [6.45, 7) is 12.2. The fraction of sp³-hybridized carbons (Fsp3) is 0.667. The van der Waals surface area contributed by atoms with Crippen LogP contribution in [0.4, 0.5) is 4.39 Å². The van der Waals surface area contributed by atoms with Crippen LogP contribution in [0.25, 0.3) is 0 Å². The molecule has 158 valence electrons. The Bertz CT molecular complexity index is 612. The second-order valence-corrected chi connectivity index (χ2v) is 8.02. The number of aliphatic imine (C=N–C) groups is 1. The third-order valence-corrected chi connectivity index (χ3v) is 5.18. The minimum atomic E-state index is -0.213. The van der Waals surface area contributed by atoms with Gasteiger partial charge in [0.15, 0.2) is 5.96 Å². The Hall–Kier alpha value is -1.70. The lowest BCUT2D eigenvalue weighted by molar-refractivity contribution is -0.00684. The van der Waals surface area contributed by atoms with E-state index < -0.39 is 0 Å². The predicted molar refractivity (Wildman–Crippen MR) is 113 cm³/mol. The van der Waals surface area contributed by atoms with Gasteiger partial charge in [-0.1, -0.05) is 12.1 Å².